The van der Waals surface area contributed by atoms with Crippen LogP contribution in [0.2, 0.25) is 10.0 Å². The Labute approximate surface area is 261 Å². The van der Waals surface area contributed by atoms with Gasteiger partial charge in [0.05, 0.1) is 34.7 Å². The first-order chi connectivity index (χ1) is 20.6. The molecular formula is C26H23Cl2F5N8O2S. The second kappa shape index (κ2) is 13.1. The van der Waals surface area contributed by atoms with Gasteiger partial charge in [-0.15, -0.1) is 5.10 Å². The van der Waals surface area contributed by atoms with Crippen LogP contribution in [-0.4, -0.2) is 65.8 Å². The summed E-state index contributed by atoms with van der Waals surface area (Å²) in [5.74, 6) is -5.83. The number of aromatic nitrogens is 6. The Bertz CT molecular complexity index is 1700. The van der Waals surface area contributed by atoms with Gasteiger partial charge in [0.25, 0.3) is 11.8 Å². The minimum absolute atomic E-state index is 0.0142. The average molecular weight is 677 g/mol. The molecule has 0 radical (unpaired) electrons. The van der Waals surface area contributed by atoms with Crippen molar-refractivity contribution in [2.24, 2.45) is 0 Å². The number of anilines is 1. The highest BCUT2D eigenvalue weighted by Crippen LogP contribution is 2.42. The normalized spacial score (nSPS) is 12.7. The molecule has 4 rings (SSSR count). The van der Waals surface area contributed by atoms with Crippen molar-refractivity contribution in [3.8, 4) is 5.82 Å². The fourth-order valence-corrected chi connectivity index (χ4v) is 5.11. The third-order valence-corrected chi connectivity index (χ3v) is 7.40. The molecule has 0 saturated heterocycles. The molecule has 3 aromatic heterocycles. The first-order valence-corrected chi connectivity index (χ1v) is 14.7. The Kier molecular flexibility index (Phi) is 9.85. The quantitative estimate of drug-likeness (QED) is 0.201. The third-order valence-electron chi connectivity index (χ3n) is 6.05. The van der Waals surface area contributed by atoms with Crippen LogP contribution in [0.5, 0.6) is 0 Å². The molecule has 0 spiro atoms. The highest BCUT2D eigenvalue weighted by atomic mass is 35.5. The van der Waals surface area contributed by atoms with Gasteiger partial charge >= 0.3 is 12.1 Å². The molecule has 10 nitrogen and oxygen atoms in total. The van der Waals surface area contributed by atoms with Crippen molar-refractivity contribution in [1.82, 2.24) is 35.1 Å². The predicted molar refractivity (Wildman–Crippen MR) is 155 cm³/mol. The van der Waals surface area contributed by atoms with E-state index in [1.807, 2.05) is 13.2 Å². The summed E-state index contributed by atoms with van der Waals surface area (Å²) in [4.78, 5) is 31.0. The average Bonchev–Trinajstić information content (AvgIpc) is 3.57. The van der Waals surface area contributed by atoms with Gasteiger partial charge in [0.15, 0.2) is 11.5 Å². The van der Waals surface area contributed by atoms with Crippen molar-refractivity contribution in [2.45, 2.75) is 38.5 Å². The largest absolute Gasteiger partial charge is 0.459 e. The molecule has 2 amide bonds. The number of nitrogens with one attached hydrogen (secondary N) is 2. The minimum Gasteiger partial charge on any atom is -0.349 e. The number of halogens is 7. The van der Waals surface area contributed by atoms with Crippen LogP contribution in [0.1, 0.15) is 44.7 Å². The van der Waals surface area contributed by atoms with Gasteiger partial charge in [0.1, 0.15) is 5.69 Å². The number of hydrogen-bond donors (Lipinski definition) is 2. The van der Waals surface area contributed by atoms with Crippen LogP contribution in [-0.2, 0) is 12.5 Å². The molecule has 0 bridgehead atoms. The summed E-state index contributed by atoms with van der Waals surface area (Å²) in [6.45, 7) is 3.02. The van der Waals surface area contributed by atoms with Crippen LogP contribution < -0.4 is 10.6 Å². The third kappa shape index (κ3) is 7.13. The van der Waals surface area contributed by atoms with E-state index in [0.717, 1.165) is 4.68 Å². The van der Waals surface area contributed by atoms with E-state index in [1.54, 1.807) is 13.0 Å². The Balaban J connectivity index is 1.71. The second-order valence-corrected chi connectivity index (χ2v) is 11.3. The number of aryl methyl sites for hydroxylation is 1. The zero-order valence-electron chi connectivity index (χ0n) is 23.1. The van der Waals surface area contributed by atoms with Crippen LogP contribution in [0.15, 0.2) is 42.7 Å². The van der Waals surface area contributed by atoms with E-state index in [4.69, 9.17) is 23.2 Å². The van der Waals surface area contributed by atoms with Gasteiger partial charge in [-0.1, -0.05) is 28.4 Å². The predicted octanol–water partition coefficient (Wildman–Crippen LogP) is 5.91. The molecule has 0 aliphatic rings. The number of benzene rings is 1. The number of thioether (sulfide) groups is 1. The van der Waals surface area contributed by atoms with Crippen LogP contribution >= 0.6 is 35.0 Å². The van der Waals surface area contributed by atoms with Crippen molar-refractivity contribution in [1.29, 1.82) is 0 Å². The van der Waals surface area contributed by atoms with Gasteiger partial charge in [-0.05, 0) is 56.0 Å². The molecule has 234 valence electrons. The number of hydrogen-bond acceptors (Lipinski definition) is 7. The molecule has 44 heavy (non-hydrogen) atoms. The summed E-state index contributed by atoms with van der Waals surface area (Å²) in [6, 6.07) is 7.03. The van der Waals surface area contributed by atoms with Crippen molar-refractivity contribution in [3.05, 3.63) is 81.0 Å². The zero-order valence-corrected chi connectivity index (χ0v) is 25.4. The fourth-order valence-electron chi connectivity index (χ4n) is 4.05. The standard InChI is InChI=1S/C26H23Cl2F5N8O2S/c1-13-7-15(27)8-17(23(42)35-14(2)12-44-3)21(13)36-24(43)19-9-16(38-41(19)22-18(28)5-4-6-34-22)10-40-11-20(37-39-40)25(29,30)26(31,32)33/h4-9,11,14H,10,12H2,1-3H3,(H,35,42)(H,36,43)/t14-/m0/s1. The van der Waals surface area contributed by atoms with Crippen molar-refractivity contribution < 1.29 is 31.5 Å². The summed E-state index contributed by atoms with van der Waals surface area (Å²) in [5, 5.41) is 16.5. The number of amides is 2. The maximum Gasteiger partial charge on any atom is 0.459 e. The number of pyridine rings is 1. The smallest absolute Gasteiger partial charge is 0.349 e. The Hall–Kier alpha value is -3.76. The summed E-state index contributed by atoms with van der Waals surface area (Å²) in [5.41, 5.74) is -1.02. The molecule has 0 saturated carbocycles. The molecule has 2 N–H and O–H groups in total. The Morgan fingerprint density at radius 2 is 1.84 bits per heavy atom. The zero-order chi connectivity index (χ0) is 32.4. The maximum atomic E-state index is 13.7. The lowest BCUT2D eigenvalue weighted by atomic mass is 10.1. The number of nitrogens with zero attached hydrogens (tertiary/aromatic N) is 6. The highest BCUT2D eigenvalue weighted by Gasteiger charge is 2.60. The molecule has 0 aliphatic heterocycles. The summed E-state index contributed by atoms with van der Waals surface area (Å²) >= 11 is 14.1. The molecule has 1 aromatic carbocycles. The maximum absolute atomic E-state index is 13.7. The number of alkyl halides is 5. The number of rotatable bonds is 10. The molecule has 0 aliphatic carbocycles. The van der Waals surface area contributed by atoms with E-state index >= 15 is 0 Å². The van der Waals surface area contributed by atoms with E-state index in [-0.39, 0.29) is 44.5 Å². The van der Waals surface area contributed by atoms with E-state index in [2.05, 4.69) is 31.0 Å². The molecule has 3 heterocycles. The van der Waals surface area contributed by atoms with Crippen molar-refractivity contribution >= 4 is 52.5 Å². The van der Waals surface area contributed by atoms with Crippen molar-refractivity contribution in [2.75, 3.05) is 17.3 Å². The molecular weight excluding hydrogens is 654 g/mol. The molecule has 0 fully saturated rings. The number of carbonyl (C=O) groups excluding carboxylic acids is 2. The molecule has 4 aromatic rings. The lowest BCUT2D eigenvalue weighted by Crippen LogP contribution is -2.35. The summed E-state index contributed by atoms with van der Waals surface area (Å²) < 4.78 is 67.6. The van der Waals surface area contributed by atoms with Gasteiger partial charge < -0.3 is 10.6 Å². The minimum atomic E-state index is -5.88. The van der Waals surface area contributed by atoms with Gasteiger partial charge in [0.2, 0.25) is 0 Å². The first kappa shape index (κ1) is 33.1. The first-order valence-electron chi connectivity index (χ1n) is 12.6. The molecule has 18 heteroatoms. The highest BCUT2D eigenvalue weighted by molar-refractivity contribution is 7.98. The molecule has 1 atom stereocenters. The lowest BCUT2D eigenvalue weighted by Gasteiger charge is -2.17. The summed E-state index contributed by atoms with van der Waals surface area (Å²) in [6.07, 6.45) is -2.17. The van der Waals surface area contributed by atoms with E-state index in [0.29, 0.717) is 22.2 Å². The van der Waals surface area contributed by atoms with E-state index < -0.39 is 36.2 Å². The van der Waals surface area contributed by atoms with Gasteiger partial charge in [0, 0.05) is 23.0 Å². The Morgan fingerprint density at radius 1 is 1.11 bits per heavy atom. The van der Waals surface area contributed by atoms with E-state index in [9.17, 15) is 31.5 Å². The fraction of sp³-hybridized carbons (Fsp3) is 0.308. The monoisotopic (exact) mass is 676 g/mol. The van der Waals surface area contributed by atoms with Crippen LogP contribution in [0.25, 0.3) is 5.82 Å². The van der Waals surface area contributed by atoms with Gasteiger partial charge in [-0.3, -0.25) is 9.59 Å². The van der Waals surface area contributed by atoms with Gasteiger partial charge in [-0.25, -0.2) is 14.3 Å². The van der Waals surface area contributed by atoms with Gasteiger partial charge in [-0.2, -0.15) is 38.8 Å². The van der Waals surface area contributed by atoms with Crippen LogP contribution in [0.3, 0.4) is 0 Å². The Morgan fingerprint density at radius 3 is 2.50 bits per heavy atom. The van der Waals surface area contributed by atoms with Crippen LogP contribution in [0, 0.1) is 6.92 Å². The number of carbonyl (C=O) groups is 2. The second-order valence-electron chi connectivity index (χ2n) is 9.54. The van der Waals surface area contributed by atoms with Crippen LogP contribution in [0.4, 0.5) is 27.6 Å². The lowest BCUT2D eigenvalue weighted by molar-refractivity contribution is -0.291. The van der Waals surface area contributed by atoms with Crippen molar-refractivity contribution in [3.63, 3.8) is 0 Å². The SMILES string of the molecule is CSC[C@H](C)NC(=O)c1cc(Cl)cc(C)c1NC(=O)c1cc(Cn2cc(C(F)(F)C(F)(F)F)nn2)nn1-c1ncccc1Cl. The molecule has 0 unspecified atom stereocenters. The van der Waals surface area contributed by atoms with E-state index in [1.165, 1.54) is 42.2 Å². The summed E-state index contributed by atoms with van der Waals surface area (Å²) in [7, 11) is 0. The topological polar surface area (TPSA) is 120 Å².